The van der Waals surface area contributed by atoms with Crippen LogP contribution in [-0.4, -0.2) is 36.4 Å². The average Bonchev–Trinajstić information content (AvgIpc) is 2.97. The van der Waals surface area contributed by atoms with E-state index >= 15 is 0 Å². The Labute approximate surface area is 255 Å². The summed E-state index contributed by atoms with van der Waals surface area (Å²) in [6.45, 7) is 4.15. The van der Waals surface area contributed by atoms with Crippen molar-refractivity contribution in [3.05, 3.63) is 0 Å². The lowest BCUT2D eigenvalue weighted by molar-refractivity contribution is -0.161. The van der Waals surface area contributed by atoms with Crippen molar-refractivity contribution in [1.82, 2.24) is 0 Å². The van der Waals surface area contributed by atoms with Crippen LogP contribution in [0.25, 0.3) is 0 Å². The number of carbonyl (C=O) groups is 2. The zero-order valence-electron chi connectivity index (χ0n) is 27.6. The monoisotopic (exact) mass is 583 g/mol. The summed E-state index contributed by atoms with van der Waals surface area (Å²) in [5, 5.41) is 9.51. The van der Waals surface area contributed by atoms with Crippen molar-refractivity contribution in [2.24, 2.45) is 0 Å². The second kappa shape index (κ2) is 33.4. The highest BCUT2D eigenvalue weighted by Crippen LogP contribution is 2.15. The first-order valence-electron chi connectivity index (χ1n) is 18.1. The van der Waals surface area contributed by atoms with Gasteiger partial charge in [0.1, 0.15) is 6.61 Å². The van der Waals surface area contributed by atoms with Gasteiger partial charge in [0, 0.05) is 12.8 Å². The molecule has 0 aliphatic carbocycles. The lowest BCUT2D eigenvalue weighted by atomic mass is 10.0. The highest BCUT2D eigenvalue weighted by atomic mass is 16.6. The third-order valence-electron chi connectivity index (χ3n) is 8.15. The molecule has 5 nitrogen and oxygen atoms in total. The molecule has 0 fully saturated rings. The van der Waals surface area contributed by atoms with E-state index in [1.165, 1.54) is 141 Å². The number of hydrogen-bond donors (Lipinski definition) is 1. The molecule has 0 aromatic rings. The zero-order chi connectivity index (χ0) is 30.1. The molecule has 0 radical (unpaired) electrons. The van der Waals surface area contributed by atoms with Crippen LogP contribution in [0.3, 0.4) is 0 Å². The van der Waals surface area contributed by atoms with Crippen LogP contribution in [0.4, 0.5) is 0 Å². The minimum atomic E-state index is -0.759. The molecular weight excluding hydrogens is 512 g/mol. The molecule has 0 aromatic carbocycles. The van der Waals surface area contributed by atoms with Crippen LogP contribution in [0.5, 0.6) is 0 Å². The summed E-state index contributed by atoms with van der Waals surface area (Å²) >= 11 is 0. The third kappa shape index (κ3) is 31.7. The molecule has 0 rings (SSSR count). The molecule has 0 aliphatic heterocycles. The van der Waals surface area contributed by atoms with Crippen molar-refractivity contribution >= 4 is 11.9 Å². The van der Waals surface area contributed by atoms with Crippen LogP contribution in [0.2, 0.25) is 0 Å². The summed E-state index contributed by atoms with van der Waals surface area (Å²) in [5.74, 6) is -0.579. The van der Waals surface area contributed by atoms with Crippen molar-refractivity contribution < 1.29 is 24.2 Å². The predicted octanol–water partition coefficient (Wildman–Crippen LogP) is 10.8. The largest absolute Gasteiger partial charge is 0.462 e. The van der Waals surface area contributed by atoms with E-state index in [1.54, 1.807) is 0 Å². The van der Waals surface area contributed by atoms with Gasteiger partial charge in [0.05, 0.1) is 6.61 Å². The van der Waals surface area contributed by atoms with Crippen molar-refractivity contribution in [3.63, 3.8) is 0 Å². The second-order valence-corrected chi connectivity index (χ2v) is 12.3. The van der Waals surface area contributed by atoms with Crippen molar-refractivity contribution in [1.29, 1.82) is 0 Å². The Hall–Kier alpha value is -1.10. The minimum Gasteiger partial charge on any atom is -0.462 e. The smallest absolute Gasteiger partial charge is 0.306 e. The number of carbonyl (C=O) groups excluding carboxylic acids is 2. The summed E-state index contributed by atoms with van der Waals surface area (Å²) in [7, 11) is 0. The van der Waals surface area contributed by atoms with Gasteiger partial charge in [-0.25, -0.2) is 0 Å². The average molecular weight is 583 g/mol. The zero-order valence-corrected chi connectivity index (χ0v) is 27.6. The van der Waals surface area contributed by atoms with E-state index in [0.29, 0.717) is 12.8 Å². The molecule has 0 saturated carbocycles. The van der Waals surface area contributed by atoms with Crippen LogP contribution < -0.4 is 0 Å². The molecule has 1 atom stereocenters. The van der Waals surface area contributed by atoms with Gasteiger partial charge in [-0.1, -0.05) is 174 Å². The highest BCUT2D eigenvalue weighted by molar-refractivity contribution is 5.70. The van der Waals surface area contributed by atoms with Gasteiger partial charge in [-0.15, -0.1) is 0 Å². The number of rotatable bonds is 33. The first-order chi connectivity index (χ1) is 20.1. The molecule has 0 saturated heterocycles. The molecule has 0 aromatic heterocycles. The summed E-state index contributed by atoms with van der Waals surface area (Å²) < 4.78 is 10.6. The summed E-state index contributed by atoms with van der Waals surface area (Å²) in [6, 6.07) is 0. The van der Waals surface area contributed by atoms with Gasteiger partial charge in [-0.3, -0.25) is 9.59 Å². The highest BCUT2D eigenvalue weighted by Gasteiger charge is 2.16. The normalized spacial score (nSPS) is 12.0. The van der Waals surface area contributed by atoms with E-state index in [0.717, 1.165) is 32.1 Å². The Balaban J connectivity index is 3.52. The fourth-order valence-electron chi connectivity index (χ4n) is 5.38. The van der Waals surface area contributed by atoms with Gasteiger partial charge >= 0.3 is 11.9 Å². The van der Waals surface area contributed by atoms with Gasteiger partial charge in [-0.05, 0) is 12.8 Å². The Morgan fingerprint density at radius 3 is 1.07 bits per heavy atom. The van der Waals surface area contributed by atoms with Crippen molar-refractivity contribution in [2.45, 2.75) is 206 Å². The van der Waals surface area contributed by atoms with E-state index in [1.807, 2.05) is 0 Å². The number of unbranched alkanes of at least 4 members (excludes halogenated alkanes) is 25. The minimum absolute atomic E-state index is 0.0573. The molecule has 0 aliphatic rings. The molecule has 5 heteroatoms. The van der Waals surface area contributed by atoms with Crippen LogP contribution in [0.1, 0.15) is 200 Å². The first-order valence-corrected chi connectivity index (χ1v) is 18.1. The van der Waals surface area contributed by atoms with Crippen molar-refractivity contribution in [3.8, 4) is 0 Å². The number of esters is 2. The Bertz CT molecular complexity index is 550. The summed E-state index contributed by atoms with van der Waals surface area (Å²) in [5.41, 5.74) is 0. The Morgan fingerprint density at radius 1 is 0.463 bits per heavy atom. The maximum absolute atomic E-state index is 12.1. The van der Waals surface area contributed by atoms with Crippen LogP contribution in [0.15, 0.2) is 0 Å². The van der Waals surface area contributed by atoms with Crippen LogP contribution in [0, 0.1) is 0 Å². The maximum atomic E-state index is 12.1. The molecule has 0 unspecified atom stereocenters. The molecule has 0 spiro atoms. The second-order valence-electron chi connectivity index (χ2n) is 12.3. The molecule has 0 amide bonds. The topological polar surface area (TPSA) is 72.8 Å². The third-order valence-corrected chi connectivity index (χ3v) is 8.15. The SMILES string of the molecule is CCCCCCCCCCCCCCCCC(=O)OC[C@H](CO)OC(=O)CCCCCCCCCCCCCCC. The molecule has 0 bridgehead atoms. The van der Waals surface area contributed by atoms with Gasteiger partial charge < -0.3 is 14.6 Å². The fraction of sp³-hybridized carbons (Fsp3) is 0.944. The standard InChI is InChI=1S/C36H70O5/c1-3-5-7-9-11-13-15-17-19-20-22-24-26-28-30-35(38)40-33-34(32-37)41-36(39)31-29-27-25-23-21-18-16-14-12-10-8-6-4-2/h34,37H,3-33H2,1-2H3/t34-/m0/s1. The van der Waals surface area contributed by atoms with Gasteiger partial charge in [0.2, 0.25) is 0 Å². The predicted molar refractivity (Wildman–Crippen MR) is 173 cm³/mol. The number of aliphatic hydroxyl groups excluding tert-OH is 1. The Morgan fingerprint density at radius 2 is 0.756 bits per heavy atom. The van der Waals surface area contributed by atoms with E-state index in [9.17, 15) is 14.7 Å². The maximum Gasteiger partial charge on any atom is 0.306 e. The van der Waals surface area contributed by atoms with Gasteiger partial charge in [0.25, 0.3) is 0 Å². The number of aliphatic hydroxyl groups is 1. The molecule has 0 heterocycles. The summed E-state index contributed by atoms with van der Waals surface area (Å²) in [4.78, 5) is 24.1. The van der Waals surface area contributed by atoms with E-state index in [4.69, 9.17) is 9.47 Å². The molecule has 244 valence electrons. The molecule has 1 N–H and O–H groups in total. The lowest BCUT2D eigenvalue weighted by Crippen LogP contribution is -2.28. The van der Waals surface area contributed by atoms with Crippen molar-refractivity contribution in [2.75, 3.05) is 13.2 Å². The van der Waals surface area contributed by atoms with E-state index in [2.05, 4.69) is 13.8 Å². The van der Waals surface area contributed by atoms with Gasteiger partial charge in [0.15, 0.2) is 6.10 Å². The van der Waals surface area contributed by atoms with E-state index in [-0.39, 0.29) is 25.2 Å². The Kier molecular flexibility index (Phi) is 32.5. The quantitative estimate of drug-likeness (QED) is 0.0615. The number of hydrogen-bond acceptors (Lipinski definition) is 5. The molecular formula is C36H70O5. The molecule has 41 heavy (non-hydrogen) atoms. The van der Waals surface area contributed by atoms with Gasteiger partial charge in [-0.2, -0.15) is 0 Å². The van der Waals surface area contributed by atoms with Crippen LogP contribution in [-0.2, 0) is 19.1 Å². The van der Waals surface area contributed by atoms with E-state index < -0.39 is 6.10 Å². The summed E-state index contributed by atoms with van der Waals surface area (Å²) in [6.07, 6.45) is 34.4. The number of ether oxygens (including phenoxy) is 2. The van der Waals surface area contributed by atoms with Crippen LogP contribution >= 0.6 is 0 Å². The lowest BCUT2D eigenvalue weighted by Gasteiger charge is -2.15. The first kappa shape index (κ1) is 39.9. The fourth-order valence-corrected chi connectivity index (χ4v) is 5.38.